The third kappa shape index (κ3) is 9.56. The van der Waals surface area contributed by atoms with Crippen LogP contribution in [0.5, 0.6) is 0 Å². The van der Waals surface area contributed by atoms with Crippen LogP contribution in [0.1, 0.15) is 84.0 Å². The molecule has 0 heterocycles. The van der Waals surface area contributed by atoms with Gasteiger partial charge in [-0.25, -0.2) is 0 Å². The van der Waals surface area contributed by atoms with Crippen molar-refractivity contribution in [3.05, 3.63) is 12.2 Å². The van der Waals surface area contributed by atoms with E-state index >= 15 is 0 Å². The molecular weight excluding hydrogens is 328 g/mol. The monoisotopic (exact) mass is 360 g/mol. The van der Waals surface area contributed by atoms with Gasteiger partial charge in [0.2, 0.25) is 0 Å². The van der Waals surface area contributed by atoms with Crippen LogP contribution in [-0.2, 0) is 14.4 Å². The van der Waals surface area contributed by atoms with E-state index in [1.165, 1.54) is 6.42 Å². The Balaban J connectivity index is 2.35. The Labute approximate surface area is 157 Å². The van der Waals surface area contributed by atoms with E-state index in [0.717, 1.165) is 32.1 Å². The maximum Gasteiger partial charge on any atom is 0.303 e. The summed E-state index contributed by atoms with van der Waals surface area (Å²) in [6, 6.07) is 0. The number of carbonyl (C=O) groups is 3. The Hall–Kier alpha value is -1.89. The molecule has 0 amide bonds. The number of unbranched alkanes of at least 4 members (excludes halogenated alkanes) is 5. The van der Waals surface area contributed by atoms with Crippen LogP contribution in [0.15, 0.2) is 12.2 Å². The van der Waals surface area contributed by atoms with Crippen LogP contribution in [0.3, 0.4) is 0 Å². The number of allylic oxidation sites excluding steroid dienone is 2. The SMILES string of the molecule is CCCCCCC(=O)/C=C/C1CCC(=O)C1CC#CCCCCC(=O)O. The van der Waals surface area contributed by atoms with Gasteiger partial charge in [0.15, 0.2) is 5.78 Å². The maximum absolute atomic E-state index is 12.1. The largest absolute Gasteiger partial charge is 0.481 e. The highest BCUT2D eigenvalue weighted by atomic mass is 16.4. The number of aliphatic carboxylic acids is 1. The van der Waals surface area contributed by atoms with Crippen LogP contribution in [0.2, 0.25) is 0 Å². The van der Waals surface area contributed by atoms with Gasteiger partial charge in [0, 0.05) is 38.0 Å². The second-order valence-corrected chi connectivity index (χ2v) is 7.07. The lowest BCUT2D eigenvalue weighted by molar-refractivity contribution is -0.137. The first-order chi connectivity index (χ1) is 12.5. The van der Waals surface area contributed by atoms with Crippen LogP contribution in [0, 0.1) is 23.7 Å². The number of Topliss-reactive ketones (excluding diaryl/α,β-unsaturated/α-hetero) is 1. The summed E-state index contributed by atoms with van der Waals surface area (Å²) in [5, 5.41) is 8.58. The van der Waals surface area contributed by atoms with Gasteiger partial charge in [-0.15, -0.1) is 11.8 Å². The minimum Gasteiger partial charge on any atom is -0.481 e. The predicted octanol–water partition coefficient (Wildman–Crippen LogP) is 4.72. The fourth-order valence-corrected chi connectivity index (χ4v) is 3.23. The van der Waals surface area contributed by atoms with Crippen molar-refractivity contribution in [1.82, 2.24) is 0 Å². The van der Waals surface area contributed by atoms with Crippen LogP contribution in [0.25, 0.3) is 0 Å². The maximum atomic E-state index is 12.1. The zero-order chi connectivity index (χ0) is 19.2. The fraction of sp³-hybridized carbons (Fsp3) is 0.682. The highest BCUT2D eigenvalue weighted by Crippen LogP contribution is 2.32. The van der Waals surface area contributed by atoms with Crippen molar-refractivity contribution in [1.29, 1.82) is 0 Å². The van der Waals surface area contributed by atoms with Gasteiger partial charge in [-0.2, -0.15) is 0 Å². The minimum atomic E-state index is -0.774. The summed E-state index contributed by atoms with van der Waals surface area (Å²) in [6.45, 7) is 2.15. The molecule has 0 aromatic rings. The molecule has 1 rings (SSSR count). The Morgan fingerprint density at radius 3 is 2.62 bits per heavy atom. The molecule has 1 N–H and O–H groups in total. The number of hydrogen-bond acceptors (Lipinski definition) is 3. The van der Waals surface area contributed by atoms with E-state index in [2.05, 4.69) is 18.8 Å². The van der Waals surface area contributed by atoms with E-state index in [4.69, 9.17) is 5.11 Å². The van der Waals surface area contributed by atoms with Crippen molar-refractivity contribution >= 4 is 17.5 Å². The molecule has 1 saturated carbocycles. The molecule has 0 radical (unpaired) electrons. The van der Waals surface area contributed by atoms with E-state index in [1.807, 2.05) is 6.08 Å². The molecule has 4 heteroatoms. The van der Waals surface area contributed by atoms with Gasteiger partial charge in [0.25, 0.3) is 0 Å². The third-order valence-electron chi connectivity index (χ3n) is 4.85. The molecule has 144 valence electrons. The van der Waals surface area contributed by atoms with E-state index < -0.39 is 5.97 Å². The molecule has 4 nitrogen and oxygen atoms in total. The molecule has 2 atom stereocenters. The number of hydrogen-bond donors (Lipinski definition) is 1. The lowest BCUT2D eigenvalue weighted by atomic mass is 9.91. The fourth-order valence-electron chi connectivity index (χ4n) is 3.23. The molecule has 1 aliphatic rings. The summed E-state index contributed by atoms with van der Waals surface area (Å²) in [5.74, 6) is 5.78. The van der Waals surface area contributed by atoms with Crippen LogP contribution < -0.4 is 0 Å². The van der Waals surface area contributed by atoms with Gasteiger partial charge in [-0.1, -0.05) is 32.3 Å². The van der Waals surface area contributed by atoms with Crippen molar-refractivity contribution in [3.63, 3.8) is 0 Å². The lowest BCUT2D eigenvalue weighted by Crippen LogP contribution is -2.12. The standard InChI is InChI=1S/C22H32O4/c1-2-3-4-8-11-19(23)16-14-18-15-17-21(24)20(18)12-9-6-5-7-10-13-22(25)26/h14,16,18,20H,2-5,7-8,10-13,15,17H2,1H3,(H,25,26)/b16-14+. The van der Waals surface area contributed by atoms with Gasteiger partial charge in [0.05, 0.1) is 0 Å². The number of rotatable bonds is 12. The second-order valence-electron chi connectivity index (χ2n) is 7.07. The number of ketones is 2. The highest BCUT2D eigenvalue weighted by molar-refractivity contribution is 5.90. The minimum absolute atomic E-state index is 0.0920. The lowest BCUT2D eigenvalue weighted by Gasteiger charge is -2.11. The topological polar surface area (TPSA) is 71.4 Å². The van der Waals surface area contributed by atoms with Crippen LogP contribution in [-0.4, -0.2) is 22.6 Å². The Kier molecular flexibility index (Phi) is 11.4. The molecule has 0 aromatic carbocycles. The summed E-state index contributed by atoms with van der Waals surface area (Å²) in [4.78, 5) is 34.4. The summed E-state index contributed by atoms with van der Waals surface area (Å²) < 4.78 is 0. The van der Waals surface area contributed by atoms with Gasteiger partial charge in [-0.3, -0.25) is 14.4 Å². The normalized spacial score (nSPS) is 19.5. The Bertz CT molecular complexity index is 550. The van der Waals surface area contributed by atoms with Gasteiger partial charge < -0.3 is 5.11 Å². The van der Waals surface area contributed by atoms with Crippen LogP contribution >= 0.6 is 0 Å². The van der Waals surface area contributed by atoms with Crippen molar-refractivity contribution in [3.8, 4) is 11.8 Å². The molecule has 0 bridgehead atoms. The van der Waals surface area contributed by atoms with E-state index in [-0.39, 0.29) is 29.8 Å². The highest BCUT2D eigenvalue weighted by Gasteiger charge is 2.32. The van der Waals surface area contributed by atoms with Gasteiger partial charge in [0.1, 0.15) is 5.78 Å². The molecule has 0 saturated heterocycles. The quantitative estimate of drug-likeness (QED) is 0.311. The molecule has 1 aliphatic carbocycles. The number of carbonyl (C=O) groups excluding carboxylic acids is 2. The van der Waals surface area contributed by atoms with Crippen molar-refractivity contribution < 1.29 is 19.5 Å². The van der Waals surface area contributed by atoms with Gasteiger partial charge in [-0.05, 0) is 37.7 Å². The molecular formula is C22H32O4. The number of carboxylic acids is 1. The average Bonchev–Trinajstić information content (AvgIpc) is 2.96. The Morgan fingerprint density at radius 1 is 1.12 bits per heavy atom. The van der Waals surface area contributed by atoms with Crippen LogP contribution in [0.4, 0.5) is 0 Å². The molecule has 1 fully saturated rings. The summed E-state index contributed by atoms with van der Waals surface area (Å²) in [5.41, 5.74) is 0. The Morgan fingerprint density at radius 2 is 1.88 bits per heavy atom. The molecule has 0 aromatic heterocycles. The summed E-state index contributed by atoms with van der Waals surface area (Å²) in [7, 11) is 0. The molecule has 2 unspecified atom stereocenters. The smallest absolute Gasteiger partial charge is 0.303 e. The summed E-state index contributed by atoms with van der Waals surface area (Å²) in [6.07, 6.45) is 12.7. The zero-order valence-electron chi connectivity index (χ0n) is 16.0. The number of carboxylic acid groups (broad SMARTS) is 1. The predicted molar refractivity (Wildman–Crippen MR) is 103 cm³/mol. The molecule has 0 aliphatic heterocycles. The average molecular weight is 360 g/mol. The van der Waals surface area contributed by atoms with Crippen molar-refractivity contribution in [2.45, 2.75) is 84.0 Å². The summed E-state index contributed by atoms with van der Waals surface area (Å²) >= 11 is 0. The third-order valence-corrected chi connectivity index (χ3v) is 4.85. The van der Waals surface area contributed by atoms with Gasteiger partial charge >= 0.3 is 5.97 Å². The first kappa shape index (κ1) is 22.2. The van der Waals surface area contributed by atoms with E-state index in [9.17, 15) is 14.4 Å². The van der Waals surface area contributed by atoms with Crippen molar-refractivity contribution in [2.24, 2.45) is 11.8 Å². The first-order valence-corrected chi connectivity index (χ1v) is 9.95. The van der Waals surface area contributed by atoms with Crippen molar-refractivity contribution in [2.75, 3.05) is 0 Å². The van der Waals surface area contributed by atoms with E-state index in [0.29, 0.717) is 32.1 Å². The zero-order valence-corrected chi connectivity index (χ0v) is 16.0. The molecule has 0 spiro atoms. The second kappa shape index (κ2) is 13.3. The first-order valence-electron chi connectivity index (χ1n) is 9.95. The molecule has 26 heavy (non-hydrogen) atoms. The van der Waals surface area contributed by atoms with E-state index in [1.54, 1.807) is 6.08 Å².